The molecule has 4 fully saturated rings. The number of hydrogen-bond acceptors (Lipinski definition) is 11. The SMILES string of the molecule is COc1ccc(CN(Cc2ccc(OC)cc2)c2cc(C)cc(-c3c(Cl)cc4c(N5CC6CCC(C5)N6C(=O)OC(C)(C)C)nc(OC[C@@]56CCCN5C[C@H](F)C6)nc4c3F)c2C#N)cc1. The van der Waals surface area contributed by atoms with Crippen LogP contribution in [0.1, 0.15) is 75.1 Å². The lowest BCUT2D eigenvalue weighted by Crippen LogP contribution is -2.57. The molecule has 15 heteroatoms. The first-order valence-corrected chi connectivity index (χ1v) is 23.1. The molecule has 0 radical (unpaired) electrons. The number of halogens is 3. The summed E-state index contributed by atoms with van der Waals surface area (Å²) in [6, 6.07) is 23.0. The van der Waals surface area contributed by atoms with Crippen molar-refractivity contribution in [2.24, 2.45) is 0 Å². The molecule has 2 bridgehead atoms. The van der Waals surface area contributed by atoms with Crippen molar-refractivity contribution < 1.29 is 32.5 Å². The van der Waals surface area contributed by atoms with E-state index in [0.717, 1.165) is 60.4 Å². The van der Waals surface area contributed by atoms with Gasteiger partial charge in [0.1, 0.15) is 47.3 Å². The fourth-order valence-electron chi connectivity index (χ4n) is 10.5. The molecule has 0 N–H and O–H groups in total. The zero-order valence-corrected chi connectivity index (χ0v) is 39.1. The Kier molecular flexibility index (Phi) is 12.4. The van der Waals surface area contributed by atoms with E-state index in [0.29, 0.717) is 61.6 Å². The number of nitriles is 1. The van der Waals surface area contributed by atoms with E-state index in [-0.39, 0.29) is 52.5 Å². The minimum atomic E-state index is -0.960. The van der Waals surface area contributed by atoms with E-state index in [2.05, 4.69) is 20.8 Å². The molecule has 0 aliphatic carbocycles. The highest BCUT2D eigenvalue weighted by molar-refractivity contribution is 6.34. The number of hydrogen-bond donors (Lipinski definition) is 0. The maximum Gasteiger partial charge on any atom is 0.410 e. The Morgan fingerprint density at radius 2 is 1.59 bits per heavy atom. The lowest BCUT2D eigenvalue weighted by atomic mass is 9.94. The van der Waals surface area contributed by atoms with Crippen LogP contribution in [0.2, 0.25) is 5.02 Å². The van der Waals surface area contributed by atoms with Gasteiger partial charge in [-0.1, -0.05) is 35.9 Å². The van der Waals surface area contributed by atoms with Gasteiger partial charge in [-0.3, -0.25) is 9.80 Å². The third-order valence-corrected chi connectivity index (χ3v) is 13.8. The van der Waals surface area contributed by atoms with Crippen LogP contribution in [0.15, 0.2) is 66.7 Å². The van der Waals surface area contributed by atoms with Crippen molar-refractivity contribution in [2.45, 2.75) is 102 Å². The summed E-state index contributed by atoms with van der Waals surface area (Å²) in [5.74, 6) is 1.15. The highest BCUT2D eigenvalue weighted by Gasteiger charge is 2.50. The summed E-state index contributed by atoms with van der Waals surface area (Å²) in [6.07, 6.45) is 2.28. The number of amides is 1. The number of alkyl halides is 1. The summed E-state index contributed by atoms with van der Waals surface area (Å²) in [7, 11) is 3.24. The van der Waals surface area contributed by atoms with Crippen LogP contribution in [-0.4, -0.2) is 102 Å². The third-order valence-electron chi connectivity index (χ3n) is 13.5. The molecule has 66 heavy (non-hydrogen) atoms. The normalized spacial score (nSPS) is 21.5. The van der Waals surface area contributed by atoms with Crippen molar-refractivity contribution in [3.8, 4) is 34.7 Å². The summed E-state index contributed by atoms with van der Waals surface area (Å²) in [5.41, 5.74) is 2.76. The molecule has 5 heterocycles. The number of carbonyl (C=O) groups excluding carboxylic acids is 1. The molecule has 0 spiro atoms. The molecule has 4 aliphatic rings. The third kappa shape index (κ3) is 8.87. The summed E-state index contributed by atoms with van der Waals surface area (Å²) >= 11 is 7.24. The smallest absolute Gasteiger partial charge is 0.410 e. The van der Waals surface area contributed by atoms with Gasteiger partial charge in [0.05, 0.1) is 48.1 Å². The Balaban J connectivity index is 1.14. The Bertz CT molecular complexity index is 2610. The number of anilines is 2. The van der Waals surface area contributed by atoms with Gasteiger partial charge in [-0.2, -0.15) is 15.2 Å². The van der Waals surface area contributed by atoms with Crippen LogP contribution in [0.5, 0.6) is 17.5 Å². The van der Waals surface area contributed by atoms with Gasteiger partial charge in [-0.25, -0.2) is 13.6 Å². The molecular formula is C51H56ClF2N7O5. The van der Waals surface area contributed by atoms with Crippen LogP contribution in [0.25, 0.3) is 22.0 Å². The van der Waals surface area contributed by atoms with Crippen molar-refractivity contribution >= 4 is 40.1 Å². The van der Waals surface area contributed by atoms with E-state index < -0.39 is 23.1 Å². The predicted molar refractivity (Wildman–Crippen MR) is 251 cm³/mol. The van der Waals surface area contributed by atoms with Crippen LogP contribution in [0, 0.1) is 24.1 Å². The molecule has 346 valence electrons. The van der Waals surface area contributed by atoms with Gasteiger partial charge in [0.15, 0.2) is 5.82 Å². The molecular weight excluding hydrogens is 864 g/mol. The Hall–Kier alpha value is -5.91. The van der Waals surface area contributed by atoms with E-state index >= 15 is 4.39 Å². The molecule has 5 aromatic rings. The molecule has 9 rings (SSSR count). The first-order valence-electron chi connectivity index (χ1n) is 22.7. The molecule has 1 amide bonds. The van der Waals surface area contributed by atoms with Crippen LogP contribution in [0.3, 0.4) is 0 Å². The van der Waals surface area contributed by atoms with Gasteiger partial charge >= 0.3 is 12.1 Å². The number of carbonyl (C=O) groups is 1. The largest absolute Gasteiger partial charge is 0.497 e. The van der Waals surface area contributed by atoms with E-state index in [1.165, 1.54) is 0 Å². The molecule has 12 nitrogen and oxygen atoms in total. The number of methoxy groups -OCH3 is 2. The molecule has 1 aromatic heterocycles. The van der Waals surface area contributed by atoms with Crippen LogP contribution in [0.4, 0.5) is 25.1 Å². The minimum absolute atomic E-state index is 0.0212. The molecule has 2 unspecified atom stereocenters. The second kappa shape index (κ2) is 18.1. The van der Waals surface area contributed by atoms with E-state index in [4.69, 9.17) is 40.5 Å². The minimum Gasteiger partial charge on any atom is -0.497 e. The van der Waals surface area contributed by atoms with Gasteiger partial charge in [0.25, 0.3) is 0 Å². The van der Waals surface area contributed by atoms with Gasteiger partial charge in [-0.05, 0) is 119 Å². The van der Waals surface area contributed by atoms with E-state index in [1.807, 2.05) is 87.2 Å². The number of fused-ring (bicyclic) bond motifs is 4. The number of ether oxygens (including phenoxy) is 4. The molecule has 4 aromatic carbocycles. The first-order chi connectivity index (χ1) is 31.6. The average Bonchev–Trinajstić information content (AvgIpc) is 3.91. The number of nitrogens with zero attached hydrogens (tertiary/aromatic N) is 7. The second-order valence-electron chi connectivity index (χ2n) is 19.2. The van der Waals surface area contributed by atoms with Crippen molar-refractivity contribution in [2.75, 3.05) is 56.8 Å². The van der Waals surface area contributed by atoms with Crippen molar-refractivity contribution in [3.05, 3.63) is 99.8 Å². The Labute approximate surface area is 390 Å². The van der Waals surface area contributed by atoms with Crippen LogP contribution in [-0.2, 0) is 17.8 Å². The van der Waals surface area contributed by atoms with Gasteiger partial charge in [0.2, 0.25) is 0 Å². The number of piperazine rings is 1. The summed E-state index contributed by atoms with van der Waals surface area (Å²) < 4.78 is 55.9. The molecule has 4 saturated heterocycles. The van der Waals surface area contributed by atoms with Crippen LogP contribution < -0.4 is 24.0 Å². The van der Waals surface area contributed by atoms with Gasteiger partial charge in [0, 0.05) is 55.7 Å². The monoisotopic (exact) mass is 919 g/mol. The fourth-order valence-corrected chi connectivity index (χ4v) is 10.8. The number of benzene rings is 4. The topological polar surface area (TPSA) is 117 Å². The zero-order valence-electron chi connectivity index (χ0n) is 38.4. The summed E-state index contributed by atoms with van der Waals surface area (Å²) in [5, 5.41) is 11.5. The lowest BCUT2D eigenvalue weighted by Gasteiger charge is -2.42. The summed E-state index contributed by atoms with van der Waals surface area (Å²) in [4.78, 5) is 31.3. The van der Waals surface area contributed by atoms with E-state index in [1.54, 1.807) is 26.4 Å². The predicted octanol–water partition coefficient (Wildman–Crippen LogP) is 10.0. The standard InChI is InChI=1S/C51H56ClF2N7O5/c1-31-20-39(41(24-55)43(21-31)58(25-32-8-14-37(63-5)15-9-32)26-33-10-16-38(64-6)17-11-33)44-42(52)22-40-46(45(44)54)56-48(65-30-51-18-7-19-60(51)27-34(53)23-51)57-47(40)59-28-35-12-13-36(29-59)61(35)49(62)66-50(2,3)4/h8-11,14-17,20-22,34-36H,7,12-13,18-19,23,25-30H2,1-6H3/t34-,35?,36?,51+/m1/s1. The number of aryl methyl sites for hydroxylation is 1. The van der Waals surface area contributed by atoms with Crippen molar-refractivity contribution in [1.82, 2.24) is 19.8 Å². The Morgan fingerprint density at radius 3 is 2.18 bits per heavy atom. The lowest BCUT2D eigenvalue weighted by molar-refractivity contribution is 0.0122. The fraction of sp³-hybridized carbons (Fsp3) is 0.451. The maximum atomic E-state index is 17.9. The van der Waals surface area contributed by atoms with E-state index in [9.17, 15) is 14.4 Å². The summed E-state index contributed by atoms with van der Waals surface area (Å²) in [6.45, 7) is 10.4. The second-order valence-corrected chi connectivity index (χ2v) is 19.6. The molecule has 0 saturated carbocycles. The van der Waals surface area contributed by atoms with Crippen LogP contribution >= 0.6 is 11.6 Å². The van der Waals surface area contributed by atoms with Gasteiger partial charge in [-0.15, -0.1) is 0 Å². The van der Waals surface area contributed by atoms with Gasteiger partial charge < -0.3 is 28.7 Å². The number of aromatic nitrogens is 2. The first kappa shape index (κ1) is 45.3. The highest BCUT2D eigenvalue weighted by Crippen LogP contribution is 2.45. The quantitative estimate of drug-likeness (QED) is 0.119. The molecule has 4 aliphatic heterocycles. The number of rotatable bonds is 12. The highest BCUT2D eigenvalue weighted by atomic mass is 35.5. The zero-order chi connectivity index (χ0) is 46.5. The molecule has 4 atom stereocenters. The van der Waals surface area contributed by atoms with Crippen molar-refractivity contribution in [3.63, 3.8) is 0 Å². The Morgan fingerprint density at radius 1 is 0.955 bits per heavy atom. The van der Waals surface area contributed by atoms with Crippen molar-refractivity contribution in [1.29, 1.82) is 5.26 Å². The maximum absolute atomic E-state index is 17.9. The average molecular weight is 921 g/mol.